The molecule has 0 spiro atoms. The summed E-state index contributed by atoms with van der Waals surface area (Å²) in [7, 11) is 0. The number of rotatable bonds is 5. The van der Waals surface area contributed by atoms with E-state index in [4.69, 9.17) is 0 Å². The SMILES string of the molecule is Cc1ccccc1CNc1ccccc1NC(=O)c1ccnc2nccnc12. The van der Waals surface area contributed by atoms with Crippen LogP contribution in [-0.4, -0.2) is 20.9 Å². The van der Waals surface area contributed by atoms with Crippen LogP contribution in [0.2, 0.25) is 0 Å². The van der Waals surface area contributed by atoms with Crippen LogP contribution in [-0.2, 0) is 6.54 Å². The fourth-order valence-corrected chi connectivity index (χ4v) is 2.99. The third kappa shape index (κ3) is 3.66. The lowest BCUT2D eigenvalue weighted by Crippen LogP contribution is -2.15. The zero-order valence-corrected chi connectivity index (χ0v) is 15.4. The number of aryl methyl sites for hydroxylation is 1. The molecule has 0 radical (unpaired) electrons. The van der Waals surface area contributed by atoms with Crippen LogP contribution in [0.25, 0.3) is 11.2 Å². The van der Waals surface area contributed by atoms with Gasteiger partial charge < -0.3 is 10.6 Å². The quantitative estimate of drug-likeness (QED) is 0.551. The summed E-state index contributed by atoms with van der Waals surface area (Å²) in [5.74, 6) is -0.252. The first-order chi connectivity index (χ1) is 13.7. The molecule has 2 aromatic carbocycles. The maximum absolute atomic E-state index is 12.9. The molecule has 0 aliphatic carbocycles. The summed E-state index contributed by atoms with van der Waals surface area (Å²) >= 11 is 0. The average Bonchev–Trinajstić information content (AvgIpc) is 2.73. The Morgan fingerprint density at radius 1 is 0.857 bits per heavy atom. The van der Waals surface area contributed by atoms with Gasteiger partial charge in [0.05, 0.1) is 16.9 Å². The van der Waals surface area contributed by atoms with Gasteiger partial charge in [-0.1, -0.05) is 36.4 Å². The summed E-state index contributed by atoms with van der Waals surface area (Å²) in [6, 6.07) is 17.5. The molecular weight excluding hydrogens is 350 g/mol. The minimum atomic E-state index is -0.252. The minimum absolute atomic E-state index is 0.252. The molecule has 0 bridgehead atoms. The molecule has 138 valence electrons. The van der Waals surface area contributed by atoms with E-state index in [1.165, 1.54) is 11.1 Å². The number of carbonyl (C=O) groups is 1. The number of carbonyl (C=O) groups excluding carboxylic acids is 1. The highest BCUT2D eigenvalue weighted by Gasteiger charge is 2.14. The first-order valence-corrected chi connectivity index (χ1v) is 8.97. The van der Waals surface area contributed by atoms with Crippen LogP contribution in [0.4, 0.5) is 11.4 Å². The van der Waals surface area contributed by atoms with Crippen LogP contribution in [0.3, 0.4) is 0 Å². The van der Waals surface area contributed by atoms with E-state index in [-0.39, 0.29) is 5.91 Å². The summed E-state index contributed by atoms with van der Waals surface area (Å²) in [5, 5.41) is 6.38. The van der Waals surface area contributed by atoms with Crippen LogP contribution >= 0.6 is 0 Å². The van der Waals surface area contributed by atoms with E-state index in [0.717, 1.165) is 5.69 Å². The molecule has 6 heteroatoms. The number of aromatic nitrogens is 3. The Morgan fingerprint density at radius 2 is 1.57 bits per heavy atom. The van der Waals surface area contributed by atoms with Gasteiger partial charge in [0.2, 0.25) is 0 Å². The van der Waals surface area contributed by atoms with E-state index in [9.17, 15) is 4.79 Å². The van der Waals surface area contributed by atoms with Crippen molar-refractivity contribution in [1.82, 2.24) is 15.0 Å². The smallest absolute Gasteiger partial charge is 0.258 e. The summed E-state index contributed by atoms with van der Waals surface area (Å²) in [6.45, 7) is 2.75. The highest BCUT2D eigenvalue weighted by molar-refractivity contribution is 6.11. The number of nitrogens with zero attached hydrogens (tertiary/aromatic N) is 3. The molecule has 1 amide bonds. The number of amides is 1. The van der Waals surface area contributed by atoms with Crippen LogP contribution in [0.5, 0.6) is 0 Å². The molecule has 0 aliphatic rings. The van der Waals surface area contributed by atoms with Crippen molar-refractivity contribution in [1.29, 1.82) is 0 Å². The molecule has 0 saturated heterocycles. The van der Waals surface area contributed by atoms with E-state index < -0.39 is 0 Å². The number of anilines is 2. The molecule has 2 heterocycles. The van der Waals surface area contributed by atoms with Crippen molar-refractivity contribution in [2.24, 2.45) is 0 Å². The Labute approximate surface area is 162 Å². The molecule has 2 N–H and O–H groups in total. The van der Waals surface area contributed by atoms with Crippen LogP contribution < -0.4 is 10.6 Å². The van der Waals surface area contributed by atoms with Crippen molar-refractivity contribution in [3.8, 4) is 0 Å². The summed E-state index contributed by atoms with van der Waals surface area (Å²) in [6.07, 6.45) is 4.68. The van der Waals surface area contributed by atoms with Crippen molar-refractivity contribution in [3.05, 3.63) is 89.9 Å². The zero-order chi connectivity index (χ0) is 19.3. The molecule has 28 heavy (non-hydrogen) atoms. The van der Waals surface area contributed by atoms with Gasteiger partial charge in [-0.2, -0.15) is 0 Å². The molecule has 0 aliphatic heterocycles. The van der Waals surface area contributed by atoms with E-state index >= 15 is 0 Å². The van der Waals surface area contributed by atoms with Crippen LogP contribution in [0.15, 0.2) is 73.2 Å². The molecule has 2 aromatic heterocycles. The van der Waals surface area contributed by atoms with Crippen molar-refractivity contribution >= 4 is 28.4 Å². The number of nitrogens with one attached hydrogen (secondary N) is 2. The van der Waals surface area contributed by atoms with Gasteiger partial charge >= 0.3 is 0 Å². The largest absolute Gasteiger partial charge is 0.379 e. The van der Waals surface area contributed by atoms with Gasteiger partial charge in [-0.25, -0.2) is 9.97 Å². The first kappa shape index (κ1) is 17.6. The van der Waals surface area contributed by atoms with E-state index in [2.05, 4.69) is 44.6 Å². The lowest BCUT2D eigenvalue weighted by atomic mass is 10.1. The molecular formula is C22H19N5O. The van der Waals surface area contributed by atoms with E-state index in [1.807, 2.05) is 36.4 Å². The van der Waals surface area contributed by atoms with E-state index in [0.29, 0.717) is 29.0 Å². The number of hydrogen-bond donors (Lipinski definition) is 2. The molecule has 4 aromatic rings. The number of fused-ring (bicyclic) bond motifs is 1. The van der Waals surface area contributed by atoms with Gasteiger partial charge in [-0.3, -0.25) is 9.78 Å². The number of pyridine rings is 1. The van der Waals surface area contributed by atoms with Crippen LogP contribution in [0.1, 0.15) is 21.5 Å². The lowest BCUT2D eigenvalue weighted by Gasteiger charge is -2.14. The molecule has 0 fully saturated rings. The average molecular weight is 369 g/mol. The van der Waals surface area contributed by atoms with Gasteiger partial charge in [0.15, 0.2) is 5.65 Å². The Balaban J connectivity index is 1.57. The number of para-hydroxylation sites is 2. The van der Waals surface area contributed by atoms with Crippen molar-refractivity contribution in [2.75, 3.05) is 10.6 Å². The molecule has 0 saturated carbocycles. The summed E-state index contributed by atoms with van der Waals surface area (Å²) < 4.78 is 0. The second-order valence-electron chi connectivity index (χ2n) is 6.37. The van der Waals surface area contributed by atoms with Gasteiger partial charge in [0.25, 0.3) is 5.91 Å². The third-order valence-electron chi connectivity index (χ3n) is 4.52. The molecule has 4 rings (SSSR count). The molecule has 0 atom stereocenters. The Bertz CT molecular complexity index is 1140. The topological polar surface area (TPSA) is 79.8 Å². The predicted octanol–water partition coefficient (Wildman–Crippen LogP) is 4.20. The summed E-state index contributed by atoms with van der Waals surface area (Å²) in [5.41, 5.74) is 5.34. The van der Waals surface area contributed by atoms with Crippen molar-refractivity contribution in [3.63, 3.8) is 0 Å². The van der Waals surface area contributed by atoms with Gasteiger partial charge in [-0.15, -0.1) is 0 Å². The van der Waals surface area contributed by atoms with Gasteiger partial charge in [0, 0.05) is 25.1 Å². The van der Waals surface area contributed by atoms with Gasteiger partial charge in [-0.05, 0) is 36.2 Å². The van der Waals surface area contributed by atoms with E-state index in [1.54, 1.807) is 24.7 Å². The highest BCUT2D eigenvalue weighted by Crippen LogP contribution is 2.24. The number of hydrogen-bond acceptors (Lipinski definition) is 5. The fraction of sp³-hybridized carbons (Fsp3) is 0.0909. The Hall–Kier alpha value is -3.80. The maximum Gasteiger partial charge on any atom is 0.258 e. The molecule has 0 unspecified atom stereocenters. The lowest BCUT2D eigenvalue weighted by molar-refractivity contribution is 0.102. The van der Waals surface area contributed by atoms with Crippen LogP contribution in [0, 0.1) is 6.92 Å². The normalized spacial score (nSPS) is 10.6. The zero-order valence-electron chi connectivity index (χ0n) is 15.4. The Morgan fingerprint density at radius 3 is 2.43 bits per heavy atom. The molecule has 6 nitrogen and oxygen atoms in total. The monoisotopic (exact) mass is 369 g/mol. The fourth-order valence-electron chi connectivity index (χ4n) is 2.99. The Kier molecular flexibility index (Phi) is 4.93. The maximum atomic E-state index is 12.9. The standard InChI is InChI=1S/C22H19N5O/c1-15-6-2-3-7-16(15)14-26-18-8-4-5-9-19(18)27-22(28)17-10-11-24-21-20(17)23-12-13-25-21/h2-13,26H,14H2,1H3,(H,27,28). The second kappa shape index (κ2) is 7.84. The number of benzene rings is 2. The first-order valence-electron chi connectivity index (χ1n) is 8.97. The van der Waals surface area contributed by atoms with Gasteiger partial charge in [0.1, 0.15) is 5.52 Å². The minimum Gasteiger partial charge on any atom is -0.379 e. The second-order valence-corrected chi connectivity index (χ2v) is 6.37. The summed E-state index contributed by atoms with van der Waals surface area (Å²) in [4.78, 5) is 25.4. The highest BCUT2D eigenvalue weighted by atomic mass is 16.1. The van der Waals surface area contributed by atoms with Crippen molar-refractivity contribution in [2.45, 2.75) is 13.5 Å². The van der Waals surface area contributed by atoms with Crippen molar-refractivity contribution < 1.29 is 4.79 Å². The predicted molar refractivity (Wildman–Crippen MR) is 110 cm³/mol. The third-order valence-corrected chi connectivity index (χ3v) is 4.52.